The zero-order chi connectivity index (χ0) is 15.4. The van der Waals surface area contributed by atoms with Crippen LogP contribution in [0.25, 0.3) is 11.3 Å². The van der Waals surface area contributed by atoms with Gasteiger partial charge in [0.1, 0.15) is 0 Å². The summed E-state index contributed by atoms with van der Waals surface area (Å²) in [7, 11) is 1.94. The van der Waals surface area contributed by atoms with Crippen LogP contribution in [0.1, 0.15) is 11.1 Å². The highest BCUT2D eigenvalue weighted by molar-refractivity contribution is 5.61. The van der Waals surface area contributed by atoms with E-state index in [-0.39, 0.29) is 0 Å². The topological polar surface area (TPSA) is 60.6 Å². The molecule has 1 N–H and O–H groups in total. The van der Waals surface area contributed by atoms with Gasteiger partial charge in [0.05, 0.1) is 18.4 Å². The third-order valence-corrected chi connectivity index (χ3v) is 3.44. The highest BCUT2D eigenvalue weighted by atomic mass is 15.3. The molecule has 0 fully saturated rings. The number of hydrogen-bond donors (Lipinski definition) is 1. The fraction of sp³-hybridized carbons (Fsp3) is 0.312. The van der Waals surface area contributed by atoms with Crippen LogP contribution in [0.4, 0.5) is 0 Å². The summed E-state index contributed by atoms with van der Waals surface area (Å²) in [6, 6.07) is 3.96. The van der Waals surface area contributed by atoms with E-state index in [2.05, 4.69) is 20.5 Å². The lowest BCUT2D eigenvalue weighted by Gasteiger charge is -2.05. The summed E-state index contributed by atoms with van der Waals surface area (Å²) in [5.41, 5.74) is 4.39. The fourth-order valence-corrected chi connectivity index (χ4v) is 2.42. The van der Waals surface area contributed by atoms with E-state index in [4.69, 9.17) is 0 Å². The highest BCUT2D eigenvalue weighted by Gasteiger charge is 2.09. The van der Waals surface area contributed by atoms with E-state index in [1.807, 2.05) is 60.3 Å². The van der Waals surface area contributed by atoms with Crippen LogP contribution in [0.2, 0.25) is 0 Å². The van der Waals surface area contributed by atoms with Gasteiger partial charge in [0.25, 0.3) is 0 Å². The third-order valence-electron chi connectivity index (χ3n) is 3.44. The van der Waals surface area contributed by atoms with Crippen molar-refractivity contribution >= 4 is 0 Å². The first-order valence-corrected chi connectivity index (χ1v) is 7.35. The average molecular weight is 296 g/mol. The van der Waals surface area contributed by atoms with Crippen LogP contribution in [0.5, 0.6) is 0 Å². The van der Waals surface area contributed by atoms with E-state index in [0.29, 0.717) is 0 Å². The van der Waals surface area contributed by atoms with Crippen molar-refractivity contribution in [2.45, 2.75) is 20.0 Å². The second-order valence-corrected chi connectivity index (χ2v) is 5.38. The van der Waals surface area contributed by atoms with E-state index < -0.39 is 0 Å². The fourth-order valence-electron chi connectivity index (χ4n) is 2.42. The van der Waals surface area contributed by atoms with Crippen LogP contribution in [-0.2, 0) is 20.1 Å². The monoisotopic (exact) mass is 296 g/mol. The number of pyridine rings is 1. The molecule has 0 saturated carbocycles. The molecule has 0 saturated heterocycles. The quantitative estimate of drug-likeness (QED) is 0.704. The van der Waals surface area contributed by atoms with Crippen molar-refractivity contribution in [1.82, 2.24) is 29.9 Å². The zero-order valence-corrected chi connectivity index (χ0v) is 12.9. The Morgan fingerprint density at radius 1 is 1.23 bits per heavy atom. The van der Waals surface area contributed by atoms with Crippen molar-refractivity contribution in [3.8, 4) is 11.3 Å². The molecule has 6 heteroatoms. The summed E-state index contributed by atoms with van der Waals surface area (Å²) >= 11 is 0. The van der Waals surface area contributed by atoms with E-state index in [1.165, 1.54) is 11.1 Å². The molecule has 0 unspecified atom stereocenters. The zero-order valence-electron chi connectivity index (χ0n) is 12.9. The van der Waals surface area contributed by atoms with Gasteiger partial charge in [-0.2, -0.15) is 10.2 Å². The second-order valence-electron chi connectivity index (χ2n) is 5.38. The summed E-state index contributed by atoms with van der Waals surface area (Å²) in [5.74, 6) is 0. The predicted octanol–water partition coefficient (Wildman–Crippen LogP) is 1.78. The molecule has 0 aromatic carbocycles. The molecule has 0 spiro atoms. The van der Waals surface area contributed by atoms with E-state index in [9.17, 15) is 0 Å². The number of aromatic nitrogens is 5. The van der Waals surface area contributed by atoms with Gasteiger partial charge in [-0.25, -0.2) is 0 Å². The lowest BCUT2D eigenvalue weighted by molar-refractivity contribution is 0.555. The van der Waals surface area contributed by atoms with Crippen LogP contribution in [0.15, 0.2) is 43.1 Å². The van der Waals surface area contributed by atoms with E-state index in [1.54, 1.807) is 6.20 Å². The summed E-state index contributed by atoms with van der Waals surface area (Å²) in [5, 5.41) is 12.3. The van der Waals surface area contributed by atoms with Crippen molar-refractivity contribution in [3.63, 3.8) is 0 Å². The Morgan fingerprint density at radius 2 is 2.14 bits per heavy atom. The summed E-state index contributed by atoms with van der Waals surface area (Å²) < 4.78 is 3.80. The lowest BCUT2D eigenvalue weighted by Crippen LogP contribution is -2.19. The molecule has 3 heterocycles. The smallest absolute Gasteiger partial charge is 0.0983 e. The molecule has 0 radical (unpaired) electrons. The minimum absolute atomic E-state index is 0.776. The molecular formula is C16H20N6. The van der Waals surface area contributed by atoms with Gasteiger partial charge in [-0.15, -0.1) is 0 Å². The lowest BCUT2D eigenvalue weighted by atomic mass is 10.1. The standard InChI is InChI=1S/C16H20N6/c1-13-8-19-22(11-13)7-6-18-10-15-12-21(2)20-16(15)14-4-3-5-17-9-14/h3-5,8-9,11-12,18H,6-7,10H2,1-2H3. The summed E-state index contributed by atoms with van der Waals surface area (Å²) in [6.45, 7) is 4.55. The Labute approximate surface area is 129 Å². The Morgan fingerprint density at radius 3 is 2.86 bits per heavy atom. The van der Waals surface area contributed by atoms with Gasteiger partial charge in [-0.05, 0) is 24.6 Å². The van der Waals surface area contributed by atoms with Gasteiger partial charge < -0.3 is 5.32 Å². The van der Waals surface area contributed by atoms with Gasteiger partial charge in [0.2, 0.25) is 0 Å². The summed E-state index contributed by atoms with van der Waals surface area (Å²) in [4.78, 5) is 4.17. The average Bonchev–Trinajstić information content (AvgIpc) is 3.10. The molecule has 3 aromatic heterocycles. The molecule has 0 aliphatic heterocycles. The Kier molecular flexibility index (Phi) is 4.29. The van der Waals surface area contributed by atoms with Crippen LogP contribution < -0.4 is 5.32 Å². The normalized spacial score (nSPS) is 11.0. The molecule has 6 nitrogen and oxygen atoms in total. The second kappa shape index (κ2) is 6.53. The molecule has 0 bridgehead atoms. The maximum Gasteiger partial charge on any atom is 0.0983 e. The van der Waals surface area contributed by atoms with E-state index in [0.717, 1.165) is 30.9 Å². The molecule has 22 heavy (non-hydrogen) atoms. The molecule has 114 valence electrons. The maximum absolute atomic E-state index is 4.54. The van der Waals surface area contributed by atoms with Crippen molar-refractivity contribution in [3.05, 3.63) is 54.2 Å². The molecule has 0 atom stereocenters. The SMILES string of the molecule is Cc1cnn(CCNCc2cn(C)nc2-c2cccnc2)c1. The number of rotatable bonds is 6. The number of aryl methyl sites for hydroxylation is 2. The predicted molar refractivity (Wildman–Crippen MR) is 85.1 cm³/mol. The molecule has 0 aliphatic carbocycles. The van der Waals surface area contributed by atoms with Gasteiger partial charge in [-0.1, -0.05) is 0 Å². The van der Waals surface area contributed by atoms with Crippen molar-refractivity contribution < 1.29 is 0 Å². The van der Waals surface area contributed by atoms with Crippen molar-refractivity contribution in [2.75, 3.05) is 6.54 Å². The first kappa shape index (κ1) is 14.5. The van der Waals surface area contributed by atoms with Crippen LogP contribution in [-0.4, -0.2) is 31.1 Å². The van der Waals surface area contributed by atoms with Crippen molar-refractivity contribution in [2.24, 2.45) is 7.05 Å². The van der Waals surface area contributed by atoms with Crippen LogP contribution >= 0.6 is 0 Å². The van der Waals surface area contributed by atoms with Gasteiger partial charge in [0.15, 0.2) is 0 Å². The molecular weight excluding hydrogens is 276 g/mol. The first-order valence-electron chi connectivity index (χ1n) is 7.35. The molecule has 3 aromatic rings. The van der Waals surface area contributed by atoms with Crippen LogP contribution in [0.3, 0.4) is 0 Å². The minimum atomic E-state index is 0.776. The van der Waals surface area contributed by atoms with Crippen LogP contribution in [0, 0.1) is 6.92 Å². The maximum atomic E-state index is 4.54. The number of hydrogen-bond acceptors (Lipinski definition) is 4. The van der Waals surface area contributed by atoms with Gasteiger partial charge in [-0.3, -0.25) is 14.3 Å². The van der Waals surface area contributed by atoms with Crippen molar-refractivity contribution in [1.29, 1.82) is 0 Å². The largest absolute Gasteiger partial charge is 0.311 e. The van der Waals surface area contributed by atoms with Gasteiger partial charge in [0, 0.05) is 56.1 Å². The third kappa shape index (κ3) is 3.40. The Balaban J connectivity index is 1.61. The minimum Gasteiger partial charge on any atom is -0.311 e. The molecule has 3 rings (SSSR count). The highest BCUT2D eigenvalue weighted by Crippen LogP contribution is 2.20. The first-order chi connectivity index (χ1) is 10.7. The molecule has 0 aliphatic rings. The van der Waals surface area contributed by atoms with E-state index >= 15 is 0 Å². The van der Waals surface area contributed by atoms with Gasteiger partial charge >= 0.3 is 0 Å². The number of nitrogens with one attached hydrogen (secondary N) is 1. The molecule has 0 amide bonds. The Bertz CT molecular complexity index is 728. The Hall–Kier alpha value is -2.47. The number of nitrogens with zero attached hydrogens (tertiary/aromatic N) is 5. The summed E-state index contributed by atoms with van der Waals surface area (Å²) in [6.07, 6.45) is 9.59.